The SMILES string of the molecule is O=CC1O[C@H](c2ccccc2)CN1Cc1ccc(N2CCN(Cc3ccccn3)CC2)cc1. The molecule has 1 unspecified atom stereocenters. The summed E-state index contributed by atoms with van der Waals surface area (Å²) in [6, 6.07) is 25.0. The van der Waals surface area contributed by atoms with Gasteiger partial charge in [-0.15, -0.1) is 0 Å². The lowest BCUT2D eigenvalue weighted by Gasteiger charge is -2.36. The van der Waals surface area contributed by atoms with Crippen molar-refractivity contribution in [3.05, 3.63) is 95.8 Å². The van der Waals surface area contributed by atoms with Crippen LogP contribution in [0.15, 0.2) is 79.0 Å². The second-order valence-corrected chi connectivity index (χ2v) is 8.74. The van der Waals surface area contributed by atoms with E-state index in [4.69, 9.17) is 4.74 Å². The molecule has 0 amide bonds. The number of nitrogens with zero attached hydrogens (tertiary/aromatic N) is 4. The fourth-order valence-electron chi connectivity index (χ4n) is 4.67. The van der Waals surface area contributed by atoms with E-state index in [9.17, 15) is 4.79 Å². The first-order valence-corrected chi connectivity index (χ1v) is 11.6. The van der Waals surface area contributed by atoms with Gasteiger partial charge in [0.25, 0.3) is 0 Å². The van der Waals surface area contributed by atoms with Gasteiger partial charge in [-0.2, -0.15) is 0 Å². The first-order valence-electron chi connectivity index (χ1n) is 11.6. The Morgan fingerprint density at radius 2 is 1.64 bits per heavy atom. The lowest BCUT2D eigenvalue weighted by molar-refractivity contribution is -0.123. The van der Waals surface area contributed by atoms with Gasteiger partial charge in [-0.05, 0) is 35.4 Å². The van der Waals surface area contributed by atoms with Gasteiger partial charge < -0.3 is 9.64 Å². The highest BCUT2D eigenvalue weighted by Crippen LogP contribution is 2.29. The number of aldehydes is 1. The molecule has 2 aliphatic heterocycles. The van der Waals surface area contributed by atoms with Crippen molar-refractivity contribution >= 4 is 12.0 Å². The molecule has 3 heterocycles. The summed E-state index contributed by atoms with van der Waals surface area (Å²) >= 11 is 0. The van der Waals surface area contributed by atoms with Crippen LogP contribution in [0.3, 0.4) is 0 Å². The van der Waals surface area contributed by atoms with Gasteiger partial charge in [0.1, 0.15) is 0 Å². The van der Waals surface area contributed by atoms with Crippen LogP contribution in [0.2, 0.25) is 0 Å². The minimum Gasteiger partial charge on any atom is -0.369 e. The number of rotatable bonds is 7. The number of anilines is 1. The summed E-state index contributed by atoms with van der Waals surface area (Å²) in [5, 5.41) is 0. The van der Waals surface area contributed by atoms with E-state index in [1.165, 1.54) is 11.3 Å². The predicted molar refractivity (Wildman–Crippen MR) is 129 cm³/mol. The Morgan fingerprint density at radius 1 is 0.879 bits per heavy atom. The first-order chi connectivity index (χ1) is 16.3. The van der Waals surface area contributed by atoms with E-state index in [1.807, 2.05) is 36.5 Å². The predicted octanol–water partition coefficient (Wildman–Crippen LogP) is 3.50. The van der Waals surface area contributed by atoms with E-state index in [2.05, 4.69) is 62.1 Å². The van der Waals surface area contributed by atoms with Crippen molar-refractivity contribution in [2.24, 2.45) is 0 Å². The van der Waals surface area contributed by atoms with Crippen molar-refractivity contribution in [1.82, 2.24) is 14.8 Å². The molecular formula is C27H30N4O2. The fourth-order valence-corrected chi connectivity index (χ4v) is 4.67. The molecule has 6 heteroatoms. The Morgan fingerprint density at radius 3 is 2.33 bits per heavy atom. The molecule has 0 aliphatic carbocycles. The van der Waals surface area contributed by atoms with Crippen LogP contribution < -0.4 is 4.90 Å². The van der Waals surface area contributed by atoms with Crippen molar-refractivity contribution in [3.63, 3.8) is 0 Å². The average Bonchev–Trinajstić information content (AvgIpc) is 3.29. The average molecular weight is 443 g/mol. The zero-order valence-electron chi connectivity index (χ0n) is 18.8. The molecule has 0 bridgehead atoms. The Bertz CT molecular complexity index is 1020. The number of piperazine rings is 1. The molecule has 2 saturated heterocycles. The molecule has 170 valence electrons. The molecular weight excluding hydrogens is 412 g/mol. The zero-order chi connectivity index (χ0) is 22.5. The number of hydrogen-bond donors (Lipinski definition) is 0. The molecule has 2 aliphatic rings. The number of benzene rings is 2. The maximum absolute atomic E-state index is 11.6. The summed E-state index contributed by atoms with van der Waals surface area (Å²) in [6.07, 6.45) is 2.20. The Hall–Kier alpha value is -3.06. The zero-order valence-corrected chi connectivity index (χ0v) is 18.8. The second kappa shape index (κ2) is 10.3. The van der Waals surface area contributed by atoms with Gasteiger partial charge in [0.2, 0.25) is 0 Å². The molecule has 1 aromatic heterocycles. The number of ether oxygens (including phenoxy) is 1. The third kappa shape index (κ3) is 5.30. The highest BCUT2D eigenvalue weighted by molar-refractivity contribution is 5.56. The van der Waals surface area contributed by atoms with Crippen molar-refractivity contribution < 1.29 is 9.53 Å². The molecule has 5 rings (SSSR count). The molecule has 2 atom stereocenters. The summed E-state index contributed by atoms with van der Waals surface area (Å²) in [4.78, 5) is 23.1. The molecule has 0 N–H and O–H groups in total. The molecule has 2 aromatic carbocycles. The minimum atomic E-state index is -0.498. The number of hydrogen-bond acceptors (Lipinski definition) is 6. The van der Waals surface area contributed by atoms with Crippen molar-refractivity contribution in [2.75, 3.05) is 37.6 Å². The van der Waals surface area contributed by atoms with Crippen LogP contribution in [0, 0.1) is 0 Å². The monoisotopic (exact) mass is 442 g/mol. The number of pyridine rings is 1. The van der Waals surface area contributed by atoms with E-state index in [0.717, 1.165) is 50.3 Å². The van der Waals surface area contributed by atoms with Gasteiger partial charge in [-0.3, -0.25) is 19.6 Å². The summed E-state index contributed by atoms with van der Waals surface area (Å²) in [7, 11) is 0. The maximum atomic E-state index is 11.6. The third-order valence-corrected chi connectivity index (χ3v) is 6.52. The van der Waals surface area contributed by atoms with E-state index in [-0.39, 0.29) is 6.10 Å². The van der Waals surface area contributed by atoms with E-state index in [0.29, 0.717) is 13.1 Å². The smallest absolute Gasteiger partial charge is 0.168 e. The van der Waals surface area contributed by atoms with E-state index in [1.54, 1.807) is 0 Å². The van der Waals surface area contributed by atoms with Crippen LogP contribution >= 0.6 is 0 Å². The first kappa shape index (κ1) is 21.8. The molecule has 0 radical (unpaired) electrons. The fraction of sp³-hybridized carbons (Fsp3) is 0.333. The maximum Gasteiger partial charge on any atom is 0.168 e. The van der Waals surface area contributed by atoms with Gasteiger partial charge in [0.05, 0.1) is 11.8 Å². The normalized spacial score (nSPS) is 21.9. The Kier molecular flexibility index (Phi) is 6.76. The lowest BCUT2D eigenvalue weighted by Crippen LogP contribution is -2.46. The number of aromatic nitrogens is 1. The van der Waals surface area contributed by atoms with Gasteiger partial charge in [0.15, 0.2) is 12.5 Å². The summed E-state index contributed by atoms with van der Waals surface area (Å²) in [5.74, 6) is 0. The molecule has 2 fully saturated rings. The van der Waals surface area contributed by atoms with E-state index < -0.39 is 6.23 Å². The molecule has 33 heavy (non-hydrogen) atoms. The highest BCUT2D eigenvalue weighted by atomic mass is 16.5. The molecule has 6 nitrogen and oxygen atoms in total. The van der Waals surface area contributed by atoms with Crippen LogP contribution in [-0.4, -0.2) is 60.0 Å². The molecule has 0 saturated carbocycles. The second-order valence-electron chi connectivity index (χ2n) is 8.74. The van der Waals surface area contributed by atoms with Gasteiger partial charge >= 0.3 is 0 Å². The van der Waals surface area contributed by atoms with Crippen LogP contribution in [0.5, 0.6) is 0 Å². The number of carbonyl (C=O) groups is 1. The quantitative estimate of drug-likeness (QED) is 0.522. The number of carbonyl (C=O) groups excluding carboxylic acids is 1. The highest BCUT2D eigenvalue weighted by Gasteiger charge is 2.33. The Balaban J connectivity index is 1.15. The lowest BCUT2D eigenvalue weighted by atomic mass is 10.1. The third-order valence-electron chi connectivity index (χ3n) is 6.52. The van der Waals surface area contributed by atoms with Crippen LogP contribution in [0.1, 0.15) is 22.9 Å². The van der Waals surface area contributed by atoms with E-state index >= 15 is 0 Å². The standard InChI is InChI=1S/C27H30N4O2/c32-21-27-31(20-26(33-27)23-6-2-1-3-7-23)18-22-9-11-25(12-10-22)30-16-14-29(15-17-30)19-24-8-4-5-13-28-24/h1-13,21,26-27H,14-20H2/t26-,27?/m0/s1. The summed E-state index contributed by atoms with van der Waals surface area (Å²) < 4.78 is 5.99. The van der Waals surface area contributed by atoms with Crippen molar-refractivity contribution in [2.45, 2.75) is 25.4 Å². The van der Waals surface area contributed by atoms with Crippen LogP contribution in [0.4, 0.5) is 5.69 Å². The van der Waals surface area contributed by atoms with Gasteiger partial charge in [-0.25, -0.2) is 0 Å². The molecule has 0 spiro atoms. The summed E-state index contributed by atoms with van der Waals surface area (Å²) in [5.41, 5.74) is 4.69. The topological polar surface area (TPSA) is 48.9 Å². The summed E-state index contributed by atoms with van der Waals surface area (Å²) in [6.45, 7) is 6.42. The molecule has 3 aromatic rings. The van der Waals surface area contributed by atoms with Crippen LogP contribution in [0.25, 0.3) is 0 Å². The van der Waals surface area contributed by atoms with Gasteiger partial charge in [-0.1, -0.05) is 48.5 Å². The largest absolute Gasteiger partial charge is 0.369 e. The van der Waals surface area contributed by atoms with Crippen molar-refractivity contribution in [3.8, 4) is 0 Å². The van der Waals surface area contributed by atoms with Crippen molar-refractivity contribution in [1.29, 1.82) is 0 Å². The minimum absolute atomic E-state index is 0.0666. The Labute approximate surface area is 195 Å². The van der Waals surface area contributed by atoms with Crippen LogP contribution in [-0.2, 0) is 22.6 Å². The van der Waals surface area contributed by atoms with Gasteiger partial charge in [0, 0.05) is 57.7 Å².